The van der Waals surface area contributed by atoms with Crippen LogP contribution in [0, 0.1) is 11.6 Å². The van der Waals surface area contributed by atoms with E-state index in [1.165, 1.54) is 0 Å². The summed E-state index contributed by atoms with van der Waals surface area (Å²) in [5, 5.41) is 3.22. The highest BCUT2D eigenvalue weighted by atomic mass is 32.2. The molecule has 0 unspecified atom stereocenters. The number of anilines is 2. The van der Waals surface area contributed by atoms with Gasteiger partial charge in [0.2, 0.25) is 0 Å². The Labute approximate surface area is 126 Å². The molecule has 0 bridgehead atoms. The molecule has 0 amide bonds. The van der Waals surface area contributed by atoms with Crippen molar-refractivity contribution in [3.63, 3.8) is 0 Å². The maximum atomic E-state index is 14.1. The maximum absolute atomic E-state index is 14.1. The highest BCUT2D eigenvalue weighted by molar-refractivity contribution is 7.91. The summed E-state index contributed by atoms with van der Waals surface area (Å²) in [5.74, 6) is 0.0253. The first-order chi connectivity index (χ1) is 10.1. The van der Waals surface area contributed by atoms with E-state index in [0.717, 1.165) is 19.2 Å². The molecular weight excluding hydrogens is 296 g/mol. The molecule has 21 heavy (non-hydrogen) atoms. The van der Waals surface area contributed by atoms with Gasteiger partial charge in [0.15, 0.2) is 0 Å². The summed E-state index contributed by atoms with van der Waals surface area (Å²) >= 11 is -0.812. The molecule has 4 nitrogen and oxygen atoms in total. The van der Waals surface area contributed by atoms with Crippen LogP contribution in [0.1, 0.15) is 0 Å². The minimum absolute atomic E-state index is 0.418. The second-order valence-electron chi connectivity index (χ2n) is 5.33. The summed E-state index contributed by atoms with van der Waals surface area (Å²) in [6.45, 7) is 4.13. The molecule has 2 heterocycles. The van der Waals surface area contributed by atoms with Gasteiger partial charge in [0, 0.05) is 32.2 Å². The number of piperazine rings is 1. The number of benzene rings is 1. The Hall–Kier alpha value is -1.05. The molecule has 2 aliphatic rings. The first-order valence-corrected chi connectivity index (χ1v) is 8.68. The Morgan fingerprint density at radius 2 is 1.43 bits per heavy atom. The van der Waals surface area contributed by atoms with Gasteiger partial charge >= 0.3 is 0 Å². The van der Waals surface area contributed by atoms with Gasteiger partial charge in [0.1, 0.15) is 23.1 Å². The normalized spacial score (nSPS) is 20.9. The zero-order valence-corrected chi connectivity index (χ0v) is 12.6. The Balaban J connectivity index is 1.86. The van der Waals surface area contributed by atoms with Gasteiger partial charge in [-0.05, 0) is 6.07 Å². The molecule has 0 aromatic heterocycles. The molecule has 3 rings (SSSR count). The van der Waals surface area contributed by atoms with Crippen molar-refractivity contribution >= 4 is 22.6 Å². The second kappa shape index (κ2) is 6.37. The van der Waals surface area contributed by atoms with Crippen LogP contribution in [0.3, 0.4) is 0 Å². The quantitative estimate of drug-likeness (QED) is 0.825. The van der Waals surface area contributed by atoms with Crippen LogP contribution in [0.2, 0.25) is 0 Å². The Kier molecular flexibility index (Phi) is 4.51. The minimum atomic E-state index is -0.812. The average Bonchev–Trinajstić information content (AvgIpc) is 2.49. The topological polar surface area (TPSA) is 41.6 Å². The third kappa shape index (κ3) is 3.25. The van der Waals surface area contributed by atoms with Gasteiger partial charge in [-0.1, -0.05) is 11.2 Å². The molecule has 1 aromatic carbocycles. The van der Waals surface area contributed by atoms with Gasteiger partial charge in [0.25, 0.3) is 0 Å². The van der Waals surface area contributed by atoms with Crippen molar-refractivity contribution in [1.29, 1.82) is 0 Å². The van der Waals surface area contributed by atoms with Crippen LogP contribution in [-0.2, 0) is 11.2 Å². The molecule has 1 N–H and O–H groups in total. The largest absolute Gasteiger partial charge is 0.616 e. The molecule has 0 radical (unpaired) electrons. The zero-order chi connectivity index (χ0) is 14.8. The molecule has 2 saturated heterocycles. The van der Waals surface area contributed by atoms with Crippen LogP contribution < -0.4 is 15.1 Å². The molecule has 0 atom stereocenters. The molecule has 116 valence electrons. The summed E-state index contributed by atoms with van der Waals surface area (Å²) in [4.78, 5) is 3.80. The van der Waals surface area contributed by atoms with Gasteiger partial charge in [-0.25, -0.2) is 8.78 Å². The predicted octanol–water partition coefficient (Wildman–Crippen LogP) is 0.943. The van der Waals surface area contributed by atoms with Gasteiger partial charge < -0.3 is 19.7 Å². The van der Waals surface area contributed by atoms with Crippen LogP contribution >= 0.6 is 0 Å². The molecule has 0 spiro atoms. The SMILES string of the molecule is [O-][S+]1CCN(c2cc(N3CCNCC3)c(F)cc2F)CC1. The number of nitrogens with zero attached hydrogens (tertiary/aromatic N) is 2. The molecule has 7 heteroatoms. The number of rotatable bonds is 2. The fraction of sp³-hybridized carbons (Fsp3) is 0.571. The van der Waals surface area contributed by atoms with Crippen LogP contribution in [0.25, 0.3) is 0 Å². The fourth-order valence-corrected chi connectivity index (χ4v) is 3.85. The molecular formula is C14H19F2N3OS. The number of hydrogen-bond donors (Lipinski definition) is 1. The van der Waals surface area contributed by atoms with E-state index in [9.17, 15) is 13.3 Å². The molecule has 2 fully saturated rings. The smallest absolute Gasteiger partial charge is 0.149 e. The van der Waals surface area contributed by atoms with Gasteiger partial charge in [-0.3, -0.25) is 0 Å². The van der Waals surface area contributed by atoms with E-state index in [1.54, 1.807) is 6.07 Å². The lowest BCUT2D eigenvalue weighted by Gasteiger charge is -2.33. The first kappa shape index (κ1) is 14.9. The molecule has 0 aliphatic carbocycles. The van der Waals surface area contributed by atoms with Crippen LogP contribution in [0.15, 0.2) is 12.1 Å². The first-order valence-electron chi connectivity index (χ1n) is 7.20. The third-order valence-corrected chi connectivity index (χ3v) is 5.27. The highest BCUT2D eigenvalue weighted by Crippen LogP contribution is 2.30. The summed E-state index contributed by atoms with van der Waals surface area (Å²) in [7, 11) is 0. The van der Waals surface area contributed by atoms with E-state index >= 15 is 0 Å². The Morgan fingerprint density at radius 1 is 0.905 bits per heavy atom. The lowest BCUT2D eigenvalue weighted by Crippen LogP contribution is -2.44. The molecule has 1 aromatic rings. The van der Waals surface area contributed by atoms with Crippen molar-refractivity contribution in [2.75, 3.05) is 60.6 Å². The van der Waals surface area contributed by atoms with Crippen LogP contribution in [0.5, 0.6) is 0 Å². The lowest BCUT2D eigenvalue weighted by atomic mass is 10.2. The van der Waals surface area contributed by atoms with E-state index in [4.69, 9.17) is 0 Å². The summed E-state index contributed by atoms with van der Waals surface area (Å²) < 4.78 is 39.6. The van der Waals surface area contributed by atoms with Crippen molar-refractivity contribution in [3.8, 4) is 0 Å². The lowest BCUT2D eigenvalue weighted by molar-refractivity contribution is 0.551. The van der Waals surface area contributed by atoms with E-state index in [1.807, 2.05) is 9.80 Å². The average molecular weight is 315 g/mol. The van der Waals surface area contributed by atoms with Crippen molar-refractivity contribution < 1.29 is 13.3 Å². The summed E-state index contributed by atoms with van der Waals surface area (Å²) in [6.07, 6.45) is 0. The maximum Gasteiger partial charge on any atom is 0.149 e. The fourth-order valence-electron chi connectivity index (χ4n) is 2.80. The number of halogens is 2. The Morgan fingerprint density at radius 3 is 2.00 bits per heavy atom. The second-order valence-corrected chi connectivity index (χ2v) is 7.02. The summed E-state index contributed by atoms with van der Waals surface area (Å²) in [6, 6.07) is 2.57. The van der Waals surface area contributed by atoms with Crippen molar-refractivity contribution in [1.82, 2.24) is 5.32 Å². The van der Waals surface area contributed by atoms with Gasteiger partial charge in [-0.2, -0.15) is 0 Å². The van der Waals surface area contributed by atoms with E-state index in [0.29, 0.717) is 49.1 Å². The van der Waals surface area contributed by atoms with Gasteiger partial charge in [0.05, 0.1) is 24.5 Å². The van der Waals surface area contributed by atoms with Crippen LogP contribution in [0.4, 0.5) is 20.2 Å². The van der Waals surface area contributed by atoms with Gasteiger partial charge in [-0.15, -0.1) is 0 Å². The third-order valence-electron chi connectivity index (χ3n) is 3.99. The van der Waals surface area contributed by atoms with Crippen molar-refractivity contribution in [2.24, 2.45) is 0 Å². The predicted molar refractivity (Wildman–Crippen MR) is 81.5 cm³/mol. The standard InChI is InChI=1S/C14H19F2N3OS/c15-11-9-12(16)14(19-5-7-21(20)8-6-19)10-13(11)18-3-1-17-2-4-18/h9-10,17H,1-8H2. The van der Waals surface area contributed by atoms with E-state index in [2.05, 4.69) is 5.32 Å². The van der Waals surface area contributed by atoms with Crippen molar-refractivity contribution in [2.45, 2.75) is 0 Å². The van der Waals surface area contributed by atoms with E-state index in [-0.39, 0.29) is 0 Å². The number of nitrogens with one attached hydrogen (secondary N) is 1. The monoisotopic (exact) mass is 315 g/mol. The molecule has 2 aliphatic heterocycles. The Bertz CT molecular complexity index is 503. The van der Waals surface area contributed by atoms with Crippen molar-refractivity contribution in [3.05, 3.63) is 23.8 Å². The van der Waals surface area contributed by atoms with Crippen LogP contribution in [-0.4, -0.2) is 55.3 Å². The van der Waals surface area contributed by atoms with E-state index < -0.39 is 22.8 Å². The summed E-state index contributed by atoms with van der Waals surface area (Å²) in [5.41, 5.74) is 0.876. The molecule has 0 saturated carbocycles. The highest BCUT2D eigenvalue weighted by Gasteiger charge is 2.24. The zero-order valence-electron chi connectivity index (χ0n) is 11.8. The minimum Gasteiger partial charge on any atom is -0.616 e. The number of hydrogen-bond acceptors (Lipinski definition) is 4.